The maximum Gasteiger partial charge on any atom is 0.310 e. The van der Waals surface area contributed by atoms with Gasteiger partial charge in [0.05, 0.1) is 23.2 Å². The van der Waals surface area contributed by atoms with Crippen molar-refractivity contribution < 1.29 is 24.2 Å². The number of unbranched alkanes of at least 4 members (excludes halogenated alkanes) is 3. The van der Waals surface area contributed by atoms with Crippen LogP contribution in [0.3, 0.4) is 0 Å². The van der Waals surface area contributed by atoms with Crippen molar-refractivity contribution in [2.75, 3.05) is 31.2 Å². The molecule has 2 amide bonds. The molecule has 3 unspecified atom stereocenters. The van der Waals surface area contributed by atoms with Crippen molar-refractivity contribution in [3.05, 3.63) is 54.6 Å². The monoisotopic (exact) mass is 632 g/mol. The number of nitrogens with zero attached hydrogens (tertiary/aromatic N) is 2. The van der Waals surface area contributed by atoms with Gasteiger partial charge < -0.3 is 19.6 Å². The number of hydrogen-bond donors (Lipinski definition) is 1. The first kappa shape index (κ1) is 30.8. The molecule has 1 spiro atoms. The van der Waals surface area contributed by atoms with E-state index in [1.54, 1.807) is 27.6 Å². The SMILES string of the molecule is C=CCCCCOC(=O)[C@H]1[C@@H]2SC3(CC2Br)C(C(=O)N(CC=C)c2cc(C)ccc2C)N(CCCCO)C(=O)[C@H]13. The number of benzene rings is 1. The van der Waals surface area contributed by atoms with Gasteiger partial charge in [-0.3, -0.25) is 14.4 Å². The van der Waals surface area contributed by atoms with Gasteiger partial charge >= 0.3 is 5.97 Å². The van der Waals surface area contributed by atoms with E-state index in [1.165, 1.54) is 0 Å². The number of alkyl halides is 1. The Labute approximate surface area is 250 Å². The van der Waals surface area contributed by atoms with E-state index in [0.717, 1.165) is 36.1 Å². The molecule has 40 heavy (non-hydrogen) atoms. The fourth-order valence-corrected chi connectivity index (χ4v) is 10.2. The molecule has 6 atom stereocenters. The Morgan fingerprint density at radius 3 is 2.70 bits per heavy atom. The molecule has 9 heteroatoms. The van der Waals surface area contributed by atoms with Gasteiger partial charge in [0.1, 0.15) is 6.04 Å². The lowest BCUT2D eigenvalue weighted by Crippen LogP contribution is -2.55. The van der Waals surface area contributed by atoms with E-state index in [-0.39, 0.29) is 34.5 Å². The molecule has 2 bridgehead atoms. The van der Waals surface area contributed by atoms with Crippen LogP contribution < -0.4 is 4.90 Å². The predicted octanol–water partition coefficient (Wildman–Crippen LogP) is 4.96. The highest BCUT2D eigenvalue weighted by Gasteiger charge is 2.76. The number of ether oxygens (including phenoxy) is 1. The van der Waals surface area contributed by atoms with Gasteiger partial charge in [-0.1, -0.05) is 40.2 Å². The number of halogens is 1. The molecule has 0 aromatic heterocycles. The van der Waals surface area contributed by atoms with Gasteiger partial charge in [-0.05, 0) is 69.6 Å². The van der Waals surface area contributed by atoms with Gasteiger partial charge in [-0.15, -0.1) is 24.9 Å². The van der Waals surface area contributed by atoms with Gasteiger partial charge in [0, 0.05) is 35.5 Å². The number of aliphatic hydroxyl groups is 1. The molecular weight excluding hydrogens is 592 g/mol. The van der Waals surface area contributed by atoms with Crippen molar-refractivity contribution in [1.29, 1.82) is 0 Å². The molecule has 3 heterocycles. The lowest BCUT2D eigenvalue weighted by atomic mass is 9.71. The zero-order valence-electron chi connectivity index (χ0n) is 23.5. The fraction of sp³-hybridized carbons (Fsp3) is 0.581. The average Bonchev–Trinajstić information content (AvgIpc) is 3.52. The molecular formula is C31H41BrN2O5S. The summed E-state index contributed by atoms with van der Waals surface area (Å²) in [6.07, 6.45) is 7.77. The molecule has 1 aromatic rings. The minimum absolute atomic E-state index is 0.0129. The van der Waals surface area contributed by atoms with Crippen molar-refractivity contribution in [1.82, 2.24) is 4.90 Å². The summed E-state index contributed by atoms with van der Waals surface area (Å²) < 4.78 is 4.98. The summed E-state index contributed by atoms with van der Waals surface area (Å²) >= 11 is 5.42. The topological polar surface area (TPSA) is 87.2 Å². The van der Waals surface area contributed by atoms with Crippen LogP contribution in [0.2, 0.25) is 0 Å². The number of aliphatic hydroxyl groups excluding tert-OH is 1. The Kier molecular flexibility index (Phi) is 10.2. The Morgan fingerprint density at radius 2 is 2.00 bits per heavy atom. The summed E-state index contributed by atoms with van der Waals surface area (Å²) in [6.45, 7) is 12.6. The molecule has 0 saturated carbocycles. The third kappa shape index (κ3) is 5.66. The maximum atomic E-state index is 14.7. The van der Waals surface area contributed by atoms with E-state index in [0.29, 0.717) is 39.0 Å². The Morgan fingerprint density at radius 1 is 1.23 bits per heavy atom. The van der Waals surface area contributed by atoms with Crippen molar-refractivity contribution in [3.63, 3.8) is 0 Å². The number of allylic oxidation sites excluding steroid dienone is 1. The van der Waals surface area contributed by atoms with Crippen LogP contribution in [-0.4, -0.2) is 75.0 Å². The van der Waals surface area contributed by atoms with Crippen LogP contribution in [0.15, 0.2) is 43.5 Å². The number of anilines is 1. The van der Waals surface area contributed by atoms with Crippen LogP contribution in [0, 0.1) is 25.7 Å². The zero-order valence-corrected chi connectivity index (χ0v) is 25.9. The lowest BCUT2D eigenvalue weighted by Gasteiger charge is -2.38. The van der Waals surface area contributed by atoms with Crippen LogP contribution >= 0.6 is 27.7 Å². The summed E-state index contributed by atoms with van der Waals surface area (Å²) in [5, 5.41) is 9.29. The van der Waals surface area contributed by atoms with Gasteiger partial charge in [-0.2, -0.15) is 0 Å². The normalized spacial score (nSPS) is 28.4. The lowest BCUT2D eigenvalue weighted by molar-refractivity contribution is -0.154. The van der Waals surface area contributed by atoms with Crippen LogP contribution in [-0.2, 0) is 19.1 Å². The molecule has 0 radical (unpaired) electrons. The Bertz CT molecular complexity index is 1140. The summed E-state index contributed by atoms with van der Waals surface area (Å²) in [4.78, 5) is 45.8. The number of thioether (sulfide) groups is 1. The predicted molar refractivity (Wildman–Crippen MR) is 164 cm³/mol. The first-order valence-corrected chi connectivity index (χ1v) is 16.0. The second kappa shape index (κ2) is 13.3. The van der Waals surface area contributed by atoms with Gasteiger partial charge in [0.25, 0.3) is 5.91 Å². The van der Waals surface area contributed by atoms with E-state index in [1.807, 2.05) is 38.1 Å². The Hall–Kier alpha value is -2.10. The summed E-state index contributed by atoms with van der Waals surface area (Å²) in [5.41, 5.74) is 2.80. The number of rotatable bonds is 14. The van der Waals surface area contributed by atoms with E-state index < -0.39 is 22.6 Å². The smallest absolute Gasteiger partial charge is 0.310 e. The number of carbonyl (C=O) groups is 3. The minimum atomic E-state index is -0.740. The molecule has 3 aliphatic heterocycles. The highest BCUT2D eigenvalue weighted by atomic mass is 79.9. The average molecular weight is 634 g/mol. The summed E-state index contributed by atoms with van der Waals surface area (Å²) in [7, 11) is 0. The summed E-state index contributed by atoms with van der Waals surface area (Å²) in [5.74, 6) is -1.88. The van der Waals surface area contributed by atoms with Crippen LogP contribution in [0.5, 0.6) is 0 Å². The Balaban J connectivity index is 1.70. The van der Waals surface area contributed by atoms with Crippen molar-refractivity contribution in [2.24, 2.45) is 11.8 Å². The van der Waals surface area contributed by atoms with Gasteiger partial charge in [-0.25, -0.2) is 0 Å². The van der Waals surface area contributed by atoms with Gasteiger partial charge in [0.15, 0.2) is 0 Å². The van der Waals surface area contributed by atoms with Gasteiger partial charge in [0.2, 0.25) is 5.91 Å². The second-order valence-corrected chi connectivity index (χ2v) is 13.8. The largest absolute Gasteiger partial charge is 0.465 e. The summed E-state index contributed by atoms with van der Waals surface area (Å²) in [6, 6.07) is 5.28. The number of esters is 1. The maximum absolute atomic E-state index is 14.7. The number of hydrogen-bond acceptors (Lipinski definition) is 6. The quantitative estimate of drug-likeness (QED) is 0.135. The fourth-order valence-electron chi connectivity index (χ4n) is 6.57. The third-order valence-corrected chi connectivity index (χ3v) is 11.6. The first-order chi connectivity index (χ1) is 19.2. The van der Waals surface area contributed by atoms with E-state index in [4.69, 9.17) is 4.74 Å². The standard InChI is InChI=1S/C31H41BrN2O5S/c1-5-7-8-11-17-39-30(38)24-25-28(36)34(15-9-10-16-35)27(31(25)19-22(32)26(24)40-31)29(37)33(14-6-2)23-18-20(3)12-13-21(23)4/h5-6,12-13,18,22,24-27,35H,1-2,7-11,14-17,19H2,3-4H3/t22?,24-,25+,26-,27?,31?/m1/s1. The van der Waals surface area contributed by atoms with Crippen molar-refractivity contribution >= 4 is 51.2 Å². The van der Waals surface area contributed by atoms with E-state index in [9.17, 15) is 19.5 Å². The number of amides is 2. The number of likely N-dealkylation sites (tertiary alicyclic amines) is 1. The highest BCUT2D eigenvalue weighted by Crippen LogP contribution is 2.68. The first-order valence-electron chi connectivity index (χ1n) is 14.2. The van der Waals surface area contributed by atoms with E-state index in [2.05, 4.69) is 29.1 Å². The molecule has 0 aliphatic carbocycles. The van der Waals surface area contributed by atoms with Crippen LogP contribution in [0.1, 0.15) is 49.7 Å². The number of carbonyl (C=O) groups excluding carboxylic acids is 3. The van der Waals surface area contributed by atoms with Crippen LogP contribution in [0.25, 0.3) is 0 Å². The van der Waals surface area contributed by atoms with Crippen molar-refractivity contribution in [2.45, 2.75) is 73.2 Å². The molecule has 1 N–H and O–H groups in total. The highest BCUT2D eigenvalue weighted by molar-refractivity contribution is 9.09. The zero-order chi connectivity index (χ0) is 29.0. The molecule has 7 nitrogen and oxygen atoms in total. The van der Waals surface area contributed by atoms with E-state index >= 15 is 0 Å². The second-order valence-electron chi connectivity index (χ2n) is 11.1. The molecule has 218 valence electrons. The van der Waals surface area contributed by atoms with Crippen LogP contribution in [0.4, 0.5) is 5.69 Å². The molecule has 3 aliphatic rings. The minimum Gasteiger partial charge on any atom is -0.465 e. The number of aryl methyl sites for hydroxylation is 2. The molecule has 3 saturated heterocycles. The van der Waals surface area contributed by atoms with Crippen molar-refractivity contribution in [3.8, 4) is 0 Å². The number of fused-ring (bicyclic) bond motifs is 1. The third-order valence-electron chi connectivity index (χ3n) is 8.38. The molecule has 4 rings (SSSR count). The molecule has 1 aromatic carbocycles. The molecule has 3 fully saturated rings.